The first-order valence-corrected chi connectivity index (χ1v) is 8.44. The van der Waals surface area contributed by atoms with Gasteiger partial charge < -0.3 is 4.52 Å². The summed E-state index contributed by atoms with van der Waals surface area (Å²) in [5, 5.41) is 3.47. The minimum atomic E-state index is -3.22. The average Bonchev–Trinajstić information content (AvgIpc) is 2.99. The molecule has 0 saturated carbocycles. The normalized spacial score (nSPS) is 13.5. The van der Waals surface area contributed by atoms with Crippen LogP contribution in [0.4, 0.5) is 0 Å². The highest BCUT2D eigenvalue weighted by molar-refractivity contribution is 7.90. The van der Waals surface area contributed by atoms with Gasteiger partial charge in [-0.15, -0.1) is 0 Å². The van der Waals surface area contributed by atoms with Crippen molar-refractivity contribution >= 4 is 10.0 Å². The number of sulfonamides is 1. The topological polar surface area (TPSA) is 72.2 Å². The number of nitrogens with one attached hydrogen (secondary N) is 1. The fourth-order valence-electron chi connectivity index (χ4n) is 1.87. The quantitative estimate of drug-likeness (QED) is 0.890. The predicted molar refractivity (Wildman–Crippen MR) is 82.4 cm³/mol. The highest BCUT2D eigenvalue weighted by atomic mass is 32.2. The lowest BCUT2D eigenvalue weighted by molar-refractivity contribution is 0.422. The largest absolute Gasteiger partial charge is 0.364 e. The van der Waals surface area contributed by atoms with Crippen molar-refractivity contribution < 1.29 is 12.9 Å². The molecular formula is C15H20N2O3S. The van der Waals surface area contributed by atoms with Crippen molar-refractivity contribution in [3.8, 4) is 11.3 Å². The molecule has 2 rings (SSSR count). The highest BCUT2D eigenvalue weighted by Gasteiger charge is 2.17. The van der Waals surface area contributed by atoms with Crippen molar-refractivity contribution in [3.63, 3.8) is 0 Å². The zero-order valence-corrected chi connectivity index (χ0v) is 13.2. The van der Waals surface area contributed by atoms with Gasteiger partial charge in [0.1, 0.15) is 12.0 Å². The number of hydrogen-bond donors (Lipinski definition) is 1. The first-order chi connectivity index (χ1) is 9.90. The first kappa shape index (κ1) is 15.7. The first-order valence-electron chi connectivity index (χ1n) is 6.89. The van der Waals surface area contributed by atoms with E-state index in [4.69, 9.17) is 4.52 Å². The maximum Gasteiger partial charge on any atom is 0.213 e. The number of aromatic nitrogens is 1. The van der Waals surface area contributed by atoms with Crippen LogP contribution in [-0.4, -0.2) is 25.4 Å². The molecule has 1 N–H and O–H groups in total. The summed E-state index contributed by atoms with van der Waals surface area (Å²) in [7, 11) is -3.22. The maximum atomic E-state index is 11.7. The van der Waals surface area contributed by atoms with Crippen LogP contribution in [0.2, 0.25) is 0 Å². The van der Waals surface area contributed by atoms with Crippen LogP contribution in [0.15, 0.2) is 41.1 Å². The third-order valence-electron chi connectivity index (χ3n) is 3.42. The molecule has 0 saturated heterocycles. The van der Waals surface area contributed by atoms with E-state index in [-0.39, 0.29) is 5.92 Å². The van der Waals surface area contributed by atoms with Gasteiger partial charge in [-0.1, -0.05) is 36.3 Å². The van der Waals surface area contributed by atoms with E-state index in [0.29, 0.717) is 6.54 Å². The van der Waals surface area contributed by atoms with Gasteiger partial charge in [0.15, 0.2) is 0 Å². The van der Waals surface area contributed by atoms with Gasteiger partial charge in [-0.25, -0.2) is 13.1 Å². The summed E-state index contributed by atoms with van der Waals surface area (Å²) in [5.74, 6) is 0.102. The smallest absolute Gasteiger partial charge is 0.213 e. The summed E-state index contributed by atoms with van der Waals surface area (Å²) in [6.07, 6.45) is 1.53. The average molecular weight is 308 g/mol. The molecule has 0 aliphatic heterocycles. The van der Waals surface area contributed by atoms with Crippen LogP contribution >= 0.6 is 0 Å². The molecule has 0 spiro atoms. The Bertz CT molecular complexity index is 661. The Kier molecular flexibility index (Phi) is 4.80. The molecule has 0 radical (unpaired) electrons. The molecule has 0 aliphatic carbocycles. The second kappa shape index (κ2) is 6.41. The fourth-order valence-corrected chi connectivity index (χ4v) is 2.69. The van der Waals surface area contributed by atoms with Gasteiger partial charge in [0, 0.05) is 18.2 Å². The van der Waals surface area contributed by atoms with Crippen molar-refractivity contribution in [2.45, 2.75) is 31.9 Å². The number of rotatable bonds is 6. The Hall–Kier alpha value is -1.66. The molecule has 1 aromatic heterocycles. The zero-order chi connectivity index (χ0) is 15.5. The summed E-state index contributed by atoms with van der Waals surface area (Å²) < 4.78 is 31.0. The van der Waals surface area contributed by atoms with Crippen molar-refractivity contribution in [1.82, 2.24) is 9.88 Å². The lowest BCUT2D eigenvalue weighted by atomic mass is 9.99. The Labute approximate surface area is 125 Å². The molecular weight excluding hydrogens is 288 g/mol. The summed E-state index contributed by atoms with van der Waals surface area (Å²) in [5.41, 5.74) is 2.84. The van der Waals surface area contributed by atoms with E-state index in [1.54, 1.807) is 19.9 Å². The molecule has 0 aliphatic rings. The van der Waals surface area contributed by atoms with Crippen LogP contribution < -0.4 is 4.72 Å². The number of benzene rings is 1. The zero-order valence-electron chi connectivity index (χ0n) is 12.4. The standard InChI is InChI=1S/C15H20N2O3S/c1-11(2)21(18,19)16-10-12(3)13-4-6-14(7-5-13)15-8-9-20-17-15/h4-9,11-12,16H,10H2,1-3H3. The molecule has 0 amide bonds. The van der Waals surface area contributed by atoms with Crippen LogP contribution in [0.3, 0.4) is 0 Å². The van der Waals surface area contributed by atoms with Crippen LogP contribution in [0.1, 0.15) is 32.3 Å². The molecule has 114 valence electrons. The van der Waals surface area contributed by atoms with E-state index in [1.807, 2.05) is 31.2 Å². The van der Waals surface area contributed by atoms with E-state index in [9.17, 15) is 8.42 Å². The highest BCUT2D eigenvalue weighted by Crippen LogP contribution is 2.21. The molecule has 0 fully saturated rings. The Morgan fingerprint density at radius 3 is 2.33 bits per heavy atom. The number of hydrogen-bond acceptors (Lipinski definition) is 4. The van der Waals surface area contributed by atoms with Crippen molar-refractivity contribution in [1.29, 1.82) is 0 Å². The van der Waals surface area contributed by atoms with Crippen molar-refractivity contribution in [2.75, 3.05) is 6.54 Å². The van der Waals surface area contributed by atoms with Crippen LogP contribution in [0.25, 0.3) is 11.3 Å². The second-order valence-electron chi connectivity index (χ2n) is 5.35. The number of nitrogens with zero attached hydrogens (tertiary/aromatic N) is 1. The van der Waals surface area contributed by atoms with Crippen molar-refractivity contribution in [2.24, 2.45) is 0 Å². The van der Waals surface area contributed by atoms with Crippen LogP contribution in [0.5, 0.6) is 0 Å². The van der Waals surface area contributed by atoms with Gasteiger partial charge in [0.25, 0.3) is 0 Å². The summed E-state index contributed by atoms with van der Waals surface area (Å²) in [6.45, 7) is 5.72. The Morgan fingerprint density at radius 2 is 1.81 bits per heavy atom. The predicted octanol–water partition coefficient (Wildman–Crippen LogP) is 2.77. The molecule has 1 heterocycles. The van der Waals surface area contributed by atoms with E-state index >= 15 is 0 Å². The molecule has 1 atom stereocenters. The lowest BCUT2D eigenvalue weighted by Gasteiger charge is -2.15. The van der Waals surface area contributed by atoms with Gasteiger partial charge in [-0.3, -0.25) is 0 Å². The monoisotopic (exact) mass is 308 g/mol. The molecule has 1 aromatic carbocycles. The van der Waals surface area contributed by atoms with Crippen molar-refractivity contribution in [3.05, 3.63) is 42.2 Å². The van der Waals surface area contributed by atoms with Gasteiger partial charge in [0.05, 0.1) is 5.25 Å². The van der Waals surface area contributed by atoms with Gasteiger partial charge in [-0.05, 0) is 25.3 Å². The summed E-state index contributed by atoms with van der Waals surface area (Å²) in [4.78, 5) is 0. The molecule has 1 unspecified atom stereocenters. The van der Waals surface area contributed by atoms with Gasteiger partial charge >= 0.3 is 0 Å². The fraction of sp³-hybridized carbons (Fsp3) is 0.400. The lowest BCUT2D eigenvalue weighted by Crippen LogP contribution is -2.33. The SMILES string of the molecule is CC(CNS(=O)(=O)C(C)C)c1ccc(-c2ccon2)cc1. The van der Waals surface area contributed by atoms with Gasteiger partial charge in [-0.2, -0.15) is 0 Å². The Balaban J connectivity index is 2.02. The molecule has 6 heteroatoms. The van der Waals surface area contributed by atoms with E-state index < -0.39 is 15.3 Å². The summed E-state index contributed by atoms with van der Waals surface area (Å²) >= 11 is 0. The molecule has 0 bridgehead atoms. The van der Waals surface area contributed by atoms with E-state index in [2.05, 4.69) is 9.88 Å². The third kappa shape index (κ3) is 3.92. The molecule has 21 heavy (non-hydrogen) atoms. The maximum absolute atomic E-state index is 11.7. The van der Waals surface area contributed by atoms with Crippen LogP contribution in [-0.2, 0) is 10.0 Å². The Morgan fingerprint density at radius 1 is 1.14 bits per heavy atom. The minimum absolute atomic E-state index is 0.102. The van der Waals surface area contributed by atoms with Gasteiger partial charge in [0.2, 0.25) is 10.0 Å². The third-order valence-corrected chi connectivity index (χ3v) is 5.23. The minimum Gasteiger partial charge on any atom is -0.364 e. The molecule has 5 nitrogen and oxygen atoms in total. The van der Waals surface area contributed by atoms with E-state index in [1.165, 1.54) is 6.26 Å². The molecule has 2 aromatic rings. The second-order valence-corrected chi connectivity index (χ2v) is 7.67. The summed E-state index contributed by atoms with van der Waals surface area (Å²) in [6, 6.07) is 9.69. The van der Waals surface area contributed by atoms with E-state index in [0.717, 1.165) is 16.8 Å². The van der Waals surface area contributed by atoms with Crippen LogP contribution in [0, 0.1) is 0 Å².